The van der Waals surface area contributed by atoms with E-state index in [-0.39, 0.29) is 17.5 Å². The second kappa shape index (κ2) is 9.48. The van der Waals surface area contributed by atoms with Crippen LogP contribution >= 0.6 is 0 Å². The molecule has 2 heterocycles. The predicted octanol–water partition coefficient (Wildman–Crippen LogP) is 4.73. The Morgan fingerprint density at radius 3 is 2.46 bits per heavy atom. The molecule has 5 rings (SSSR count). The summed E-state index contributed by atoms with van der Waals surface area (Å²) in [5, 5.41) is 8.53. The molecule has 35 heavy (non-hydrogen) atoms. The summed E-state index contributed by atoms with van der Waals surface area (Å²) in [4.78, 5) is 2.29. The van der Waals surface area contributed by atoms with Crippen molar-refractivity contribution < 1.29 is 12.6 Å². The zero-order chi connectivity index (χ0) is 24.4. The largest absolute Gasteiger partial charge is 0.361 e. The van der Waals surface area contributed by atoms with Gasteiger partial charge < -0.3 is 4.90 Å². The molecule has 0 bridgehead atoms. The SMILES string of the molecule is Cc1ccc(S(=O)(=O)OCCN2C(=Cn3nnc4ccccc43)C=C(c3ccccc3)C2C)cc1. The molecule has 178 valence electrons. The van der Waals surface area contributed by atoms with Crippen LogP contribution in [-0.4, -0.2) is 47.5 Å². The monoisotopic (exact) mass is 486 g/mol. The number of rotatable bonds is 7. The highest BCUT2D eigenvalue weighted by Gasteiger charge is 2.28. The molecule has 0 fully saturated rings. The van der Waals surface area contributed by atoms with Gasteiger partial charge in [-0.25, -0.2) is 4.68 Å². The molecule has 1 aliphatic heterocycles. The highest BCUT2D eigenvalue weighted by atomic mass is 32.2. The fourth-order valence-corrected chi connectivity index (χ4v) is 5.17. The van der Waals surface area contributed by atoms with Crippen LogP contribution in [0.4, 0.5) is 0 Å². The summed E-state index contributed by atoms with van der Waals surface area (Å²) >= 11 is 0. The molecule has 0 amide bonds. The topological polar surface area (TPSA) is 77.3 Å². The normalized spacial score (nSPS) is 17.3. The Balaban J connectivity index is 1.42. The van der Waals surface area contributed by atoms with Gasteiger partial charge in [-0.2, -0.15) is 8.42 Å². The molecule has 1 unspecified atom stereocenters. The highest BCUT2D eigenvalue weighted by Crippen LogP contribution is 2.34. The number of nitrogens with zero attached hydrogens (tertiary/aromatic N) is 4. The van der Waals surface area contributed by atoms with Gasteiger partial charge in [-0.1, -0.05) is 65.4 Å². The summed E-state index contributed by atoms with van der Waals surface area (Å²) in [6, 6.07) is 24.6. The maximum Gasteiger partial charge on any atom is 0.297 e. The molecule has 3 aromatic carbocycles. The van der Waals surface area contributed by atoms with Crippen molar-refractivity contribution in [3.8, 4) is 0 Å². The third-order valence-corrected chi connectivity index (χ3v) is 7.50. The van der Waals surface area contributed by atoms with Gasteiger partial charge in [0.05, 0.1) is 35.0 Å². The molecule has 0 spiro atoms. The second-order valence-corrected chi connectivity index (χ2v) is 10.1. The smallest absolute Gasteiger partial charge is 0.297 e. The van der Waals surface area contributed by atoms with E-state index in [1.54, 1.807) is 28.9 Å². The van der Waals surface area contributed by atoms with Crippen LogP contribution in [0.2, 0.25) is 0 Å². The Bertz CT molecular complexity index is 1510. The summed E-state index contributed by atoms with van der Waals surface area (Å²) in [6.45, 7) is 4.42. The van der Waals surface area contributed by atoms with Gasteiger partial charge >= 0.3 is 0 Å². The number of para-hydroxylation sites is 1. The van der Waals surface area contributed by atoms with E-state index in [0.717, 1.165) is 33.4 Å². The minimum absolute atomic E-state index is 0.0177. The Kier molecular flexibility index (Phi) is 6.23. The standard InChI is InChI=1S/C27H26N4O3S/c1-20-12-14-24(15-13-20)35(32,33)34-17-16-30-21(2)25(22-8-4-3-5-9-22)18-23(30)19-31-27-11-7-6-10-26(27)28-29-31/h3-15,18-19,21H,16-17H2,1-2H3. The van der Waals surface area contributed by atoms with Crippen molar-refractivity contribution in [2.45, 2.75) is 24.8 Å². The number of fused-ring (bicyclic) bond motifs is 1. The van der Waals surface area contributed by atoms with Crippen LogP contribution in [0.5, 0.6) is 0 Å². The van der Waals surface area contributed by atoms with Crippen LogP contribution in [0.3, 0.4) is 0 Å². The second-order valence-electron chi connectivity index (χ2n) is 8.50. The molecule has 1 aromatic heterocycles. The average Bonchev–Trinajstić information content (AvgIpc) is 3.41. The maximum absolute atomic E-state index is 12.7. The third-order valence-electron chi connectivity index (χ3n) is 6.17. The lowest BCUT2D eigenvalue weighted by molar-refractivity contribution is 0.243. The van der Waals surface area contributed by atoms with Crippen molar-refractivity contribution >= 4 is 32.9 Å². The molecule has 0 N–H and O–H groups in total. The first-order valence-electron chi connectivity index (χ1n) is 11.4. The minimum Gasteiger partial charge on any atom is -0.361 e. The summed E-state index contributed by atoms with van der Waals surface area (Å²) in [7, 11) is -3.84. The van der Waals surface area contributed by atoms with Crippen molar-refractivity contribution in [3.63, 3.8) is 0 Å². The van der Waals surface area contributed by atoms with Crippen LogP contribution in [0.25, 0.3) is 22.8 Å². The van der Waals surface area contributed by atoms with Crippen molar-refractivity contribution in [1.29, 1.82) is 0 Å². The summed E-state index contributed by atoms with van der Waals surface area (Å²) in [6.07, 6.45) is 4.04. The van der Waals surface area contributed by atoms with Crippen LogP contribution < -0.4 is 0 Å². The Morgan fingerprint density at radius 2 is 1.69 bits per heavy atom. The van der Waals surface area contributed by atoms with Gasteiger partial charge in [-0.05, 0) is 55.3 Å². The van der Waals surface area contributed by atoms with Crippen molar-refractivity contribution in [3.05, 3.63) is 102 Å². The fourth-order valence-electron chi connectivity index (χ4n) is 4.27. The molecule has 0 saturated heterocycles. The van der Waals surface area contributed by atoms with E-state index in [1.165, 1.54) is 0 Å². The van der Waals surface area contributed by atoms with Crippen LogP contribution in [-0.2, 0) is 14.3 Å². The van der Waals surface area contributed by atoms with Gasteiger partial charge in [0.15, 0.2) is 0 Å². The average molecular weight is 487 g/mol. The number of hydrogen-bond acceptors (Lipinski definition) is 6. The van der Waals surface area contributed by atoms with Crippen LogP contribution in [0.1, 0.15) is 18.1 Å². The number of aromatic nitrogens is 3. The van der Waals surface area contributed by atoms with Crippen LogP contribution in [0.15, 0.2) is 95.5 Å². The van der Waals surface area contributed by atoms with Gasteiger partial charge in [-0.15, -0.1) is 5.10 Å². The van der Waals surface area contributed by atoms with Gasteiger partial charge in [0.1, 0.15) is 5.52 Å². The van der Waals surface area contributed by atoms with E-state index < -0.39 is 10.1 Å². The van der Waals surface area contributed by atoms with Crippen molar-refractivity contribution in [1.82, 2.24) is 19.9 Å². The lowest BCUT2D eigenvalue weighted by atomic mass is 10.0. The van der Waals surface area contributed by atoms with E-state index in [4.69, 9.17) is 4.18 Å². The maximum atomic E-state index is 12.7. The molecule has 1 atom stereocenters. The molecule has 8 heteroatoms. The van der Waals surface area contributed by atoms with Gasteiger partial charge in [0, 0.05) is 6.54 Å². The fraction of sp³-hybridized carbons (Fsp3) is 0.185. The molecule has 0 saturated carbocycles. The molecule has 0 radical (unpaired) electrons. The van der Waals surface area contributed by atoms with E-state index in [9.17, 15) is 8.42 Å². The number of aryl methyl sites for hydroxylation is 1. The lowest BCUT2D eigenvalue weighted by Gasteiger charge is -2.27. The zero-order valence-electron chi connectivity index (χ0n) is 19.6. The third kappa shape index (κ3) is 4.76. The number of allylic oxidation sites excluding steroid dienone is 1. The van der Waals surface area contributed by atoms with Crippen molar-refractivity contribution in [2.75, 3.05) is 13.2 Å². The molecule has 7 nitrogen and oxygen atoms in total. The van der Waals surface area contributed by atoms with E-state index >= 15 is 0 Å². The summed E-state index contributed by atoms with van der Waals surface area (Å²) in [5.74, 6) is 0. The number of benzene rings is 3. The molecular weight excluding hydrogens is 460 g/mol. The van der Waals surface area contributed by atoms with Crippen molar-refractivity contribution in [2.24, 2.45) is 0 Å². The van der Waals surface area contributed by atoms with Gasteiger partial charge in [0.2, 0.25) is 0 Å². The molecule has 4 aromatic rings. The Labute approximate surface area is 205 Å². The van der Waals surface area contributed by atoms with Gasteiger partial charge in [0.25, 0.3) is 10.1 Å². The minimum atomic E-state index is -3.84. The predicted molar refractivity (Wildman–Crippen MR) is 137 cm³/mol. The van der Waals surface area contributed by atoms with E-state index in [0.29, 0.717) is 6.54 Å². The quantitative estimate of drug-likeness (QED) is 0.352. The molecule has 1 aliphatic rings. The van der Waals surface area contributed by atoms with Crippen LogP contribution in [0, 0.1) is 6.92 Å². The van der Waals surface area contributed by atoms with E-state index in [2.05, 4.69) is 40.3 Å². The number of hydrogen-bond donors (Lipinski definition) is 0. The zero-order valence-corrected chi connectivity index (χ0v) is 20.4. The first-order chi connectivity index (χ1) is 16.9. The Hall–Kier alpha value is -3.75. The summed E-state index contributed by atoms with van der Waals surface area (Å²) in [5.41, 5.74) is 5.86. The lowest BCUT2D eigenvalue weighted by Crippen LogP contribution is -2.32. The summed E-state index contributed by atoms with van der Waals surface area (Å²) < 4.78 is 32.5. The molecular formula is C27H26N4O3S. The highest BCUT2D eigenvalue weighted by molar-refractivity contribution is 7.86. The first-order valence-corrected chi connectivity index (χ1v) is 12.8. The first kappa shape index (κ1) is 23.0. The van der Waals surface area contributed by atoms with E-state index in [1.807, 2.05) is 55.6 Å². The Morgan fingerprint density at radius 1 is 0.971 bits per heavy atom. The molecule has 0 aliphatic carbocycles. The van der Waals surface area contributed by atoms with Gasteiger partial charge in [-0.3, -0.25) is 4.18 Å².